The first-order chi connectivity index (χ1) is 9.84. The normalized spacial score (nSPS) is 24.7. The number of anilines is 1. The number of amides is 1. The van der Waals surface area contributed by atoms with Crippen molar-refractivity contribution in [2.24, 2.45) is 5.92 Å². The van der Waals surface area contributed by atoms with Crippen LogP contribution in [0.1, 0.15) is 38.5 Å². The van der Waals surface area contributed by atoms with E-state index < -0.39 is 0 Å². The van der Waals surface area contributed by atoms with Crippen molar-refractivity contribution in [2.75, 3.05) is 18.4 Å². The van der Waals surface area contributed by atoms with Crippen molar-refractivity contribution in [1.29, 1.82) is 0 Å². The van der Waals surface area contributed by atoms with Crippen LogP contribution in [0.2, 0.25) is 0 Å². The largest absolute Gasteiger partial charge is 0.376 e. The van der Waals surface area contributed by atoms with E-state index in [-0.39, 0.29) is 18.3 Å². The Hall–Kier alpha value is -1.22. The Morgan fingerprint density at radius 2 is 1.81 bits per heavy atom. The zero-order valence-electron chi connectivity index (χ0n) is 12.5. The van der Waals surface area contributed by atoms with Crippen molar-refractivity contribution in [3.63, 3.8) is 0 Å². The summed E-state index contributed by atoms with van der Waals surface area (Å²) in [4.78, 5) is 14.6. The van der Waals surface area contributed by atoms with Crippen molar-refractivity contribution >= 4 is 24.0 Å². The molecule has 1 N–H and O–H groups in total. The fourth-order valence-electron chi connectivity index (χ4n) is 3.77. The van der Waals surface area contributed by atoms with Crippen molar-refractivity contribution in [3.8, 4) is 0 Å². The summed E-state index contributed by atoms with van der Waals surface area (Å²) >= 11 is 0. The quantitative estimate of drug-likeness (QED) is 0.923. The third-order valence-corrected chi connectivity index (χ3v) is 4.78. The van der Waals surface area contributed by atoms with Gasteiger partial charge in [-0.05, 0) is 43.7 Å². The molecule has 1 aliphatic carbocycles. The van der Waals surface area contributed by atoms with E-state index >= 15 is 0 Å². The molecule has 2 unspecified atom stereocenters. The summed E-state index contributed by atoms with van der Waals surface area (Å²) in [5.41, 5.74) is 1.03. The molecular weight excluding hydrogens is 284 g/mol. The Kier molecular flexibility index (Phi) is 5.92. The van der Waals surface area contributed by atoms with E-state index in [4.69, 9.17) is 0 Å². The highest BCUT2D eigenvalue weighted by atomic mass is 35.5. The van der Waals surface area contributed by atoms with Crippen molar-refractivity contribution in [2.45, 2.75) is 44.6 Å². The van der Waals surface area contributed by atoms with Gasteiger partial charge in [0, 0.05) is 18.3 Å². The molecule has 2 fully saturated rings. The number of fused-ring (bicyclic) bond motifs is 1. The van der Waals surface area contributed by atoms with Crippen LogP contribution in [0.25, 0.3) is 0 Å². The first kappa shape index (κ1) is 16.2. The van der Waals surface area contributed by atoms with Gasteiger partial charge in [-0.25, -0.2) is 0 Å². The molecule has 1 heterocycles. The molecule has 116 valence electrons. The van der Waals surface area contributed by atoms with Crippen molar-refractivity contribution in [1.82, 2.24) is 4.90 Å². The molecule has 0 aromatic heterocycles. The summed E-state index contributed by atoms with van der Waals surface area (Å²) < 4.78 is 0. The van der Waals surface area contributed by atoms with Crippen LogP contribution in [0.4, 0.5) is 5.69 Å². The second kappa shape index (κ2) is 7.69. The van der Waals surface area contributed by atoms with Crippen LogP contribution in [0.15, 0.2) is 30.3 Å². The van der Waals surface area contributed by atoms with Gasteiger partial charge in [0.2, 0.25) is 5.91 Å². The van der Waals surface area contributed by atoms with E-state index in [9.17, 15) is 4.79 Å². The first-order valence-electron chi connectivity index (χ1n) is 7.93. The highest BCUT2D eigenvalue weighted by Crippen LogP contribution is 2.35. The minimum Gasteiger partial charge on any atom is -0.376 e. The molecule has 2 aliphatic rings. The molecule has 1 aromatic carbocycles. The fourth-order valence-corrected chi connectivity index (χ4v) is 3.77. The lowest BCUT2D eigenvalue weighted by atomic mass is 9.78. The molecule has 1 aliphatic heterocycles. The maximum absolute atomic E-state index is 12.5. The third-order valence-electron chi connectivity index (χ3n) is 4.78. The molecule has 4 heteroatoms. The second-order valence-corrected chi connectivity index (χ2v) is 6.06. The molecule has 1 aromatic rings. The van der Waals surface area contributed by atoms with Gasteiger partial charge in [-0.1, -0.05) is 31.0 Å². The number of carbonyl (C=O) groups is 1. The summed E-state index contributed by atoms with van der Waals surface area (Å²) in [5, 5.41) is 3.25. The van der Waals surface area contributed by atoms with Gasteiger partial charge in [-0.2, -0.15) is 0 Å². The van der Waals surface area contributed by atoms with Gasteiger partial charge >= 0.3 is 0 Å². The molecule has 0 radical (unpaired) electrons. The summed E-state index contributed by atoms with van der Waals surface area (Å²) in [6.07, 6.45) is 7.67. The number of hydrogen-bond acceptors (Lipinski definition) is 2. The van der Waals surface area contributed by atoms with Gasteiger partial charge in [-0.3, -0.25) is 4.79 Å². The number of nitrogens with zero attached hydrogens (tertiary/aromatic N) is 1. The maximum Gasteiger partial charge on any atom is 0.242 e. The molecule has 1 saturated carbocycles. The van der Waals surface area contributed by atoms with Crippen LogP contribution in [0, 0.1) is 5.92 Å². The van der Waals surface area contributed by atoms with Crippen LogP contribution in [-0.2, 0) is 4.79 Å². The van der Waals surface area contributed by atoms with Crippen LogP contribution < -0.4 is 5.32 Å². The fraction of sp³-hybridized carbons (Fsp3) is 0.588. The summed E-state index contributed by atoms with van der Waals surface area (Å²) in [6.45, 7) is 1.38. The average molecular weight is 309 g/mol. The molecular formula is C17H25ClN2O. The minimum atomic E-state index is 0. The van der Waals surface area contributed by atoms with Gasteiger partial charge in [0.25, 0.3) is 0 Å². The molecule has 3 rings (SSSR count). The molecule has 1 amide bonds. The smallest absolute Gasteiger partial charge is 0.242 e. The lowest BCUT2D eigenvalue weighted by molar-refractivity contribution is -0.135. The Bertz CT molecular complexity index is 449. The third kappa shape index (κ3) is 3.91. The highest BCUT2D eigenvalue weighted by molar-refractivity contribution is 5.85. The lowest BCUT2D eigenvalue weighted by Gasteiger charge is -2.44. The molecule has 3 nitrogen and oxygen atoms in total. The molecule has 2 atom stereocenters. The minimum absolute atomic E-state index is 0. The Labute approximate surface area is 133 Å². The van der Waals surface area contributed by atoms with Gasteiger partial charge in [0.15, 0.2) is 0 Å². The number of rotatable bonds is 3. The Morgan fingerprint density at radius 1 is 1.10 bits per heavy atom. The van der Waals surface area contributed by atoms with E-state index in [1.807, 2.05) is 30.3 Å². The van der Waals surface area contributed by atoms with Crippen LogP contribution in [-0.4, -0.2) is 29.9 Å². The zero-order valence-corrected chi connectivity index (χ0v) is 13.3. The van der Waals surface area contributed by atoms with Crippen molar-refractivity contribution in [3.05, 3.63) is 30.3 Å². The van der Waals surface area contributed by atoms with E-state index in [1.165, 1.54) is 38.5 Å². The maximum atomic E-state index is 12.5. The summed E-state index contributed by atoms with van der Waals surface area (Å²) in [5.74, 6) is 1.03. The topological polar surface area (TPSA) is 32.3 Å². The number of carbonyl (C=O) groups excluding carboxylic acids is 1. The Morgan fingerprint density at radius 3 is 2.62 bits per heavy atom. The number of halogens is 1. The first-order valence-corrected chi connectivity index (χ1v) is 7.93. The number of piperidine rings is 1. The Balaban J connectivity index is 0.00000161. The van der Waals surface area contributed by atoms with E-state index in [1.54, 1.807) is 0 Å². The monoisotopic (exact) mass is 308 g/mol. The predicted molar refractivity (Wildman–Crippen MR) is 88.9 cm³/mol. The number of likely N-dealkylation sites (tertiary alicyclic amines) is 1. The molecule has 0 spiro atoms. The molecule has 0 bridgehead atoms. The van der Waals surface area contributed by atoms with Gasteiger partial charge in [0.1, 0.15) is 0 Å². The van der Waals surface area contributed by atoms with Crippen LogP contribution in [0.3, 0.4) is 0 Å². The van der Waals surface area contributed by atoms with Crippen LogP contribution >= 0.6 is 12.4 Å². The standard InChI is InChI=1S/C17H24N2O.ClH/c20-17(13-18-15-9-2-1-3-10-15)19-12-6-8-14-7-4-5-11-16(14)19;/h1-3,9-10,14,16,18H,4-8,11-13H2;1H. The number of hydrogen-bond donors (Lipinski definition) is 1. The SMILES string of the molecule is Cl.O=C(CNc1ccccc1)N1CCCC2CCCCC21. The summed E-state index contributed by atoms with van der Waals surface area (Å²) in [6, 6.07) is 10.5. The summed E-state index contributed by atoms with van der Waals surface area (Å²) in [7, 11) is 0. The van der Waals surface area contributed by atoms with Gasteiger partial charge < -0.3 is 10.2 Å². The average Bonchev–Trinajstić information content (AvgIpc) is 2.53. The van der Waals surface area contributed by atoms with Gasteiger partial charge in [-0.15, -0.1) is 12.4 Å². The van der Waals surface area contributed by atoms with Crippen LogP contribution in [0.5, 0.6) is 0 Å². The van der Waals surface area contributed by atoms with Gasteiger partial charge in [0.05, 0.1) is 6.54 Å². The molecule has 21 heavy (non-hydrogen) atoms. The molecule has 1 saturated heterocycles. The predicted octanol–water partition coefficient (Wildman–Crippen LogP) is 3.70. The number of para-hydroxylation sites is 1. The van der Waals surface area contributed by atoms with E-state index in [2.05, 4.69) is 10.2 Å². The van der Waals surface area contributed by atoms with E-state index in [0.717, 1.165) is 18.2 Å². The second-order valence-electron chi connectivity index (χ2n) is 6.06. The number of benzene rings is 1. The van der Waals surface area contributed by atoms with E-state index in [0.29, 0.717) is 12.6 Å². The lowest BCUT2D eigenvalue weighted by Crippen LogP contribution is -2.51. The zero-order chi connectivity index (χ0) is 13.8. The van der Waals surface area contributed by atoms with Crippen molar-refractivity contribution < 1.29 is 4.79 Å². The number of nitrogens with one attached hydrogen (secondary N) is 1. The highest BCUT2D eigenvalue weighted by Gasteiger charge is 2.35.